The first-order valence-corrected chi connectivity index (χ1v) is 9.35. The van der Waals surface area contributed by atoms with Crippen LogP contribution in [0.4, 0.5) is 13.9 Å². The number of hydrogen-bond donors (Lipinski definition) is 2. The van der Waals surface area contributed by atoms with Gasteiger partial charge in [-0.2, -0.15) is 0 Å². The third kappa shape index (κ3) is 4.85. The van der Waals surface area contributed by atoms with Gasteiger partial charge in [-0.15, -0.1) is 11.3 Å². The van der Waals surface area contributed by atoms with Crippen LogP contribution in [0.2, 0.25) is 0 Å². The van der Waals surface area contributed by atoms with Crippen LogP contribution >= 0.6 is 11.3 Å². The number of carbonyl (C=O) groups excluding carboxylic acids is 2. The number of anilines is 1. The van der Waals surface area contributed by atoms with Crippen molar-refractivity contribution in [1.29, 1.82) is 0 Å². The van der Waals surface area contributed by atoms with E-state index in [9.17, 15) is 18.4 Å². The van der Waals surface area contributed by atoms with Gasteiger partial charge in [-0.3, -0.25) is 9.59 Å². The summed E-state index contributed by atoms with van der Waals surface area (Å²) in [4.78, 5) is 28.3. The molecular formula is C18H19F2N3O2S. The number of amides is 2. The lowest BCUT2D eigenvalue weighted by Crippen LogP contribution is -2.25. The molecule has 0 unspecified atom stereocenters. The zero-order chi connectivity index (χ0) is 18.5. The summed E-state index contributed by atoms with van der Waals surface area (Å²) >= 11 is 1.27. The van der Waals surface area contributed by atoms with E-state index in [1.165, 1.54) is 17.4 Å². The lowest BCUT2D eigenvalue weighted by atomic mass is 10.1. The second kappa shape index (κ2) is 8.35. The van der Waals surface area contributed by atoms with Crippen LogP contribution in [-0.4, -0.2) is 16.8 Å². The van der Waals surface area contributed by atoms with Crippen molar-refractivity contribution in [3.63, 3.8) is 0 Å². The first-order valence-electron chi connectivity index (χ1n) is 8.47. The minimum atomic E-state index is -0.698. The topological polar surface area (TPSA) is 71.1 Å². The number of halogens is 2. The van der Waals surface area contributed by atoms with Gasteiger partial charge in [0.2, 0.25) is 11.8 Å². The highest BCUT2D eigenvalue weighted by molar-refractivity contribution is 7.13. The van der Waals surface area contributed by atoms with E-state index in [4.69, 9.17) is 0 Å². The Kier molecular flexibility index (Phi) is 5.92. The molecule has 0 saturated heterocycles. The molecule has 1 aliphatic carbocycles. The summed E-state index contributed by atoms with van der Waals surface area (Å²) in [5.41, 5.74) is 0.747. The minimum Gasteiger partial charge on any atom is -0.352 e. The summed E-state index contributed by atoms with van der Waals surface area (Å²) in [6, 6.07) is 3.22. The van der Waals surface area contributed by atoms with E-state index < -0.39 is 11.6 Å². The molecule has 1 aromatic carbocycles. The first-order chi connectivity index (χ1) is 12.5. The summed E-state index contributed by atoms with van der Waals surface area (Å²) in [6.45, 7) is -0.0274. The molecule has 1 fully saturated rings. The fourth-order valence-corrected chi connectivity index (χ4v) is 3.64. The average Bonchev–Trinajstić information content (AvgIpc) is 3.26. The maximum atomic E-state index is 13.5. The summed E-state index contributed by atoms with van der Waals surface area (Å²) in [5.74, 6) is -1.65. The molecule has 0 bridgehead atoms. The quantitative estimate of drug-likeness (QED) is 0.808. The van der Waals surface area contributed by atoms with Crippen molar-refractivity contribution < 1.29 is 18.4 Å². The van der Waals surface area contributed by atoms with Crippen LogP contribution in [-0.2, 0) is 22.6 Å². The van der Waals surface area contributed by atoms with Crippen LogP contribution in [0.15, 0.2) is 23.6 Å². The lowest BCUT2D eigenvalue weighted by molar-refractivity contribution is -0.121. The maximum absolute atomic E-state index is 13.5. The second-order valence-corrected chi connectivity index (χ2v) is 7.16. The molecule has 138 valence electrons. The summed E-state index contributed by atoms with van der Waals surface area (Å²) in [6.07, 6.45) is 4.00. The fraction of sp³-hybridized carbons (Fsp3) is 0.389. The average molecular weight is 379 g/mol. The van der Waals surface area contributed by atoms with Crippen molar-refractivity contribution in [3.05, 3.63) is 46.5 Å². The zero-order valence-electron chi connectivity index (χ0n) is 14.1. The fourth-order valence-electron chi connectivity index (χ4n) is 2.93. The van der Waals surface area contributed by atoms with Gasteiger partial charge in [-0.25, -0.2) is 13.8 Å². The molecule has 8 heteroatoms. The van der Waals surface area contributed by atoms with Crippen LogP contribution in [0.1, 0.15) is 36.9 Å². The molecule has 1 heterocycles. The van der Waals surface area contributed by atoms with E-state index in [1.807, 2.05) is 0 Å². The molecule has 0 aliphatic heterocycles. The Bertz CT molecular complexity index is 803. The highest BCUT2D eigenvalue weighted by Crippen LogP contribution is 2.26. The van der Waals surface area contributed by atoms with Gasteiger partial charge in [0.1, 0.15) is 11.6 Å². The first kappa shape index (κ1) is 18.4. The predicted octanol–water partition coefficient (Wildman–Crippen LogP) is 3.41. The van der Waals surface area contributed by atoms with E-state index in [1.54, 1.807) is 5.38 Å². The minimum absolute atomic E-state index is 0.0142. The number of thiazole rings is 1. The molecule has 1 saturated carbocycles. The maximum Gasteiger partial charge on any atom is 0.229 e. The second-order valence-electron chi connectivity index (χ2n) is 6.30. The van der Waals surface area contributed by atoms with Gasteiger partial charge in [-0.05, 0) is 18.9 Å². The summed E-state index contributed by atoms with van der Waals surface area (Å²) in [7, 11) is 0. The monoisotopic (exact) mass is 379 g/mol. The third-order valence-corrected chi connectivity index (χ3v) is 5.15. The molecule has 0 spiro atoms. The van der Waals surface area contributed by atoms with E-state index in [0.717, 1.165) is 37.8 Å². The Hall–Kier alpha value is -2.35. The smallest absolute Gasteiger partial charge is 0.229 e. The number of benzene rings is 1. The molecule has 2 N–H and O–H groups in total. The Morgan fingerprint density at radius 2 is 2.00 bits per heavy atom. The predicted molar refractivity (Wildman–Crippen MR) is 94.6 cm³/mol. The van der Waals surface area contributed by atoms with Crippen molar-refractivity contribution >= 4 is 28.3 Å². The third-order valence-electron chi connectivity index (χ3n) is 4.34. The van der Waals surface area contributed by atoms with Gasteiger partial charge in [0.05, 0.1) is 12.1 Å². The van der Waals surface area contributed by atoms with Gasteiger partial charge >= 0.3 is 0 Å². The van der Waals surface area contributed by atoms with Crippen molar-refractivity contribution in [2.24, 2.45) is 5.92 Å². The molecule has 5 nitrogen and oxygen atoms in total. The van der Waals surface area contributed by atoms with Crippen LogP contribution < -0.4 is 10.6 Å². The number of carbonyl (C=O) groups is 2. The van der Waals surface area contributed by atoms with Crippen molar-refractivity contribution in [2.75, 3.05) is 5.32 Å². The Balaban J connectivity index is 1.48. The van der Waals surface area contributed by atoms with Crippen molar-refractivity contribution in [1.82, 2.24) is 10.3 Å². The SMILES string of the molecule is O=C(Cc1csc(NC(=O)C2CCCC2)n1)NCc1ccc(F)cc1F. The standard InChI is InChI=1S/C18H19F2N3O2S/c19-13-6-5-12(15(20)7-13)9-21-16(24)8-14-10-26-18(22-14)23-17(25)11-3-1-2-4-11/h5-7,10-11H,1-4,8-9H2,(H,21,24)(H,22,23,25). The zero-order valence-corrected chi connectivity index (χ0v) is 14.9. The van der Waals surface area contributed by atoms with Gasteiger partial charge in [0.25, 0.3) is 0 Å². The van der Waals surface area contributed by atoms with E-state index in [-0.39, 0.29) is 36.3 Å². The summed E-state index contributed by atoms with van der Waals surface area (Å²) < 4.78 is 26.4. The molecule has 2 amide bonds. The number of hydrogen-bond acceptors (Lipinski definition) is 4. The van der Waals surface area contributed by atoms with Crippen LogP contribution in [0.3, 0.4) is 0 Å². The van der Waals surface area contributed by atoms with Gasteiger partial charge < -0.3 is 10.6 Å². The lowest BCUT2D eigenvalue weighted by Gasteiger charge is -2.07. The molecule has 26 heavy (non-hydrogen) atoms. The van der Waals surface area contributed by atoms with E-state index in [0.29, 0.717) is 10.8 Å². The highest BCUT2D eigenvalue weighted by atomic mass is 32.1. The van der Waals surface area contributed by atoms with Crippen molar-refractivity contribution in [3.8, 4) is 0 Å². The van der Waals surface area contributed by atoms with Crippen LogP contribution in [0, 0.1) is 17.6 Å². The highest BCUT2D eigenvalue weighted by Gasteiger charge is 2.23. The van der Waals surface area contributed by atoms with Crippen LogP contribution in [0.5, 0.6) is 0 Å². The molecule has 0 atom stereocenters. The molecule has 3 rings (SSSR count). The molecule has 1 aliphatic rings. The Morgan fingerprint density at radius 1 is 1.23 bits per heavy atom. The number of nitrogens with zero attached hydrogens (tertiary/aromatic N) is 1. The molecule has 1 aromatic heterocycles. The van der Waals surface area contributed by atoms with E-state index in [2.05, 4.69) is 15.6 Å². The largest absolute Gasteiger partial charge is 0.352 e. The number of nitrogens with one attached hydrogen (secondary N) is 2. The van der Waals surface area contributed by atoms with Gasteiger partial charge in [-0.1, -0.05) is 18.9 Å². The normalized spacial score (nSPS) is 14.4. The molecule has 2 aromatic rings. The van der Waals surface area contributed by atoms with Gasteiger partial charge in [0.15, 0.2) is 5.13 Å². The van der Waals surface area contributed by atoms with Crippen LogP contribution in [0.25, 0.3) is 0 Å². The van der Waals surface area contributed by atoms with E-state index >= 15 is 0 Å². The van der Waals surface area contributed by atoms with Gasteiger partial charge in [0, 0.05) is 29.5 Å². The molecular weight excluding hydrogens is 360 g/mol. The molecule has 0 radical (unpaired) electrons. The van der Waals surface area contributed by atoms with Crippen molar-refractivity contribution in [2.45, 2.75) is 38.6 Å². The summed E-state index contributed by atoms with van der Waals surface area (Å²) in [5, 5.41) is 7.57. The Labute approximate surface area is 153 Å². The number of aromatic nitrogens is 1. The number of rotatable bonds is 6. The Morgan fingerprint density at radius 3 is 2.73 bits per heavy atom.